The summed E-state index contributed by atoms with van der Waals surface area (Å²) in [6, 6.07) is 5.49. The van der Waals surface area contributed by atoms with Crippen LogP contribution in [0.3, 0.4) is 0 Å². The Bertz CT molecular complexity index is 746. The number of aliphatic carboxylic acids is 1. The number of carbonyl (C=O) groups excluding carboxylic acids is 1. The number of likely N-dealkylation sites (tertiary alicyclic amines) is 1. The van der Waals surface area contributed by atoms with Crippen LogP contribution in [0.15, 0.2) is 29.2 Å². The average Bonchev–Trinajstić information content (AvgIpc) is 3.05. The molecule has 2 rings (SSSR count). The van der Waals surface area contributed by atoms with Crippen LogP contribution in [0, 0.1) is 11.8 Å². The Morgan fingerprint density at radius 2 is 1.92 bits per heavy atom. The van der Waals surface area contributed by atoms with Gasteiger partial charge in [-0.2, -0.15) is 0 Å². The summed E-state index contributed by atoms with van der Waals surface area (Å²) in [5.41, 5.74) is 0.454. The zero-order chi connectivity index (χ0) is 19.3. The molecule has 1 aliphatic rings. The fourth-order valence-corrected chi connectivity index (χ4v) is 3.68. The van der Waals surface area contributed by atoms with E-state index in [9.17, 15) is 18.0 Å². The molecule has 1 aromatic rings. The van der Waals surface area contributed by atoms with Crippen molar-refractivity contribution in [3.63, 3.8) is 0 Å². The SMILES string of the molecule is CC(C)CCNS(=O)(=O)c1ccc(NC(=O)N2CCC(C(=O)O)C2)cc1. The van der Waals surface area contributed by atoms with Crippen LogP contribution in [0.5, 0.6) is 0 Å². The Kier molecular flexibility index (Phi) is 6.60. The summed E-state index contributed by atoms with van der Waals surface area (Å²) in [4.78, 5) is 24.7. The van der Waals surface area contributed by atoms with Gasteiger partial charge >= 0.3 is 12.0 Å². The molecular weight excluding hydrogens is 358 g/mol. The highest BCUT2D eigenvalue weighted by Crippen LogP contribution is 2.19. The zero-order valence-electron chi connectivity index (χ0n) is 14.9. The van der Waals surface area contributed by atoms with Gasteiger partial charge in [-0.05, 0) is 43.0 Å². The van der Waals surface area contributed by atoms with Crippen molar-refractivity contribution in [2.75, 3.05) is 25.0 Å². The first-order valence-corrected chi connectivity index (χ1v) is 10.1. The number of hydrogen-bond donors (Lipinski definition) is 3. The minimum atomic E-state index is -3.57. The normalized spacial score (nSPS) is 17.5. The van der Waals surface area contributed by atoms with Gasteiger partial charge < -0.3 is 15.3 Å². The number of nitrogens with one attached hydrogen (secondary N) is 2. The molecule has 26 heavy (non-hydrogen) atoms. The number of rotatable bonds is 7. The van der Waals surface area contributed by atoms with Gasteiger partial charge in [-0.25, -0.2) is 17.9 Å². The second-order valence-electron chi connectivity index (χ2n) is 6.80. The second kappa shape index (κ2) is 8.50. The summed E-state index contributed by atoms with van der Waals surface area (Å²) in [6.07, 6.45) is 1.18. The number of benzene rings is 1. The van der Waals surface area contributed by atoms with Crippen molar-refractivity contribution >= 4 is 27.7 Å². The highest BCUT2D eigenvalue weighted by atomic mass is 32.2. The molecule has 0 aromatic heterocycles. The van der Waals surface area contributed by atoms with Gasteiger partial charge in [-0.15, -0.1) is 0 Å². The van der Waals surface area contributed by atoms with Gasteiger partial charge in [0, 0.05) is 25.3 Å². The molecule has 1 atom stereocenters. The smallest absolute Gasteiger partial charge is 0.321 e. The van der Waals surface area contributed by atoms with Crippen molar-refractivity contribution in [2.24, 2.45) is 11.8 Å². The average molecular weight is 383 g/mol. The lowest BCUT2D eigenvalue weighted by Crippen LogP contribution is -2.33. The molecule has 0 bridgehead atoms. The van der Waals surface area contributed by atoms with Gasteiger partial charge in [0.1, 0.15) is 0 Å². The minimum absolute atomic E-state index is 0.131. The Morgan fingerprint density at radius 1 is 1.27 bits per heavy atom. The predicted molar refractivity (Wildman–Crippen MR) is 97.4 cm³/mol. The molecule has 1 heterocycles. The molecule has 0 saturated carbocycles. The molecule has 1 fully saturated rings. The van der Waals surface area contributed by atoms with Crippen molar-refractivity contribution in [2.45, 2.75) is 31.6 Å². The summed E-state index contributed by atoms with van der Waals surface area (Å²) in [6.45, 7) is 4.97. The summed E-state index contributed by atoms with van der Waals surface area (Å²) < 4.78 is 26.9. The van der Waals surface area contributed by atoms with E-state index in [1.807, 2.05) is 13.8 Å². The Balaban J connectivity index is 1.93. The third-order valence-corrected chi connectivity index (χ3v) is 5.73. The molecule has 0 aliphatic carbocycles. The second-order valence-corrected chi connectivity index (χ2v) is 8.57. The quantitative estimate of drug-likeness (QED) is 0.665. The number of amides is 2. The van der Waals surface area contributed by atoms with E-state index in [0.717, 1.165) is 6.42 Å². The fourth-order valence-electron chi connectivity index (χ4n) is 2.63. The van der Waals surface area contributed by atoms with Crippen molar-refractivity contribution in [3.05, 3.63) is 24.3 Å². The number of carbonyl (C=O) groups is 2. The predicted octanol–water partition coefficient (Wildman–Crippen LogP) is 1.95. The highest BCUT2D eigenvalue weighted by Gasteiger charge is 2.30. The lowest BCUT2D eigenvalue weighted by molar-refractivity contribution is -0.141. The molecule has 1 unspecified atom stereocenters. The highest BCUT2D eigenvalue weighted by molar-refractivity contribution is 7.89. The van der Waals surface area contributed by atoms with Crippen LogP contribution in [-0.2, 0) is 14.8 Å². The van der Waals surface area contributed by atoms with E-state index in [-0.39, 0.29) is 17.5 Å². The number of carboxylic acid groups (broad SMARTS) is 1. The van der Waals surface area contributed by atoms with Gasteiger partial charge in [-0.3, -0.25) is 4.79 Å². The number of carboxylic acids is 1. The monoisotopic (exact) mass is 383 g/mol. The van der Waals surface area contributed by atoms with Crippen molar-refractivity contribution in [1.29, 1.82) is 0 Å². The van der Waals surface area contributed by atoms with Crippen LogP contribution in [0.25, 0.3) is 0 Å². The zero-order valence-corrected chi connectivity index (χ0v) is 15.8. The van der Waals surface area contributed by atoms with Crippen molar-refractivity contribution in [1.82, 2.24) is 9.62 Å². The first-order chi connectivity index (χ1) is 12.2. The van der Waals surface area contributed by atoms with Gasteiger partial charge in [0.25, 0.3) is 0 Å². The molecule has 1 saturated heterocycles. The van der Waals surface area contributed by atoms with Crippen LogP contribution in [0.2, 0.25) is 0 Å². The third-order valence-electron chi connectivity index (χ3n) is 4.25. The summed E-state index contributed by atoms with van der Waals surface area (Å²) >= 11 is 0. The van der Waals surface area contributed by atoms with Crippen LogP contribution in [0.4, 0.5) is 10.5 Å². The van der Waals surface area contributed by atoms with Gasteiger partial charge in [0.05, 0.1) is 10.8 Å². The van der Waals surface area contributed by atoms with Crippen LogP contribution in [-0.4, -0.2) is 50.1 Å². The summed E-state index contributed by atoms with van der Waals surface area (Å²) in [5, 5.41) is 11.6. The molecular formula is C17H25N3O5S. The molecule has 144 valence electrons. The Morgan fingerprint density at radius 3 is 2.46 bits per heavy atom. The molecule has 2 amide bonds. The van der Waals surface area contributed by atoms with E-state index in [1.54, 1.807) is 0 Å². The Labute approximate surface area is 153 Å². The maximum absolute atomic E-state index is 12.2. The largest absolute Gasteiger partial charge is 0.481 e. The topological polar surface area (TPSA) is 116 Å². The molecule has 1 aromatic carbocycles. The van der Waals surface area contributed by atoms with Gasteiger partial charge in [0.15, 0.2) is 0 Å². The lowest BCUT2D eigenvalue weighted by atomic mass is 10.1. The first kappa shape index (κ1) is 20.2. The Hall–Kier alpha value is -2.13. The molecule has 8 nitrogen and oxygen atoms in total. The summed E-state index contributed by atoms with van der Waals surface area (Å²) in [5.74, 6) is -1.04. The van der Waals surface area contributed by atoms with Gasteiger partial charge in [0.2, 0.25) is 10.0 Å². The first-order valence-electron chi connectivity index (χ1n) is 8.57. The fraction of sp³-hybridized carbons (Fsp3) is 0.529. The van der Waals surface area contributed by atoms with Crippen molar-refractivity contribution < 1.29 is 23.1 Å². The van der Waals surface area contributed by atoms with E-state index < -0.39 is 21.9 Å². The standard InChI is InChI=1S/C17H25N3O5S/c1-12(2)7-9-18-26(24,25)15-5-3-14(4-6-15)19-17(23)20-10-8-13(11-20)16(21)22/h3-6,12-13,18H,7-11H2,1-2H3,(H,19,23)(H,21,22). The van der Waals surface area contributed by atoms with Crippen LogP contribution in [0.1, 0.15) is 26.7 Å². The number of anilines is 1. The molecule has 0 radical (unpaired) electrons. The number of nitrogens with zero attached hydrogens (tertiary/aromatic N) is 1. The maximum atomic E-state index is 12.2. The maximum Gasteiger partial charge on any atom is 0.321 e. The van der Waals surface area contributed by atoms with Crippen LogP contribution < -0.4 is 10.0 Å². The minimum Gasteiger partial charge on any atom is -0.481 e. The van der Waals surface area contributed by atoms with Gasteiger partial charge in [-0.1, -0.05) is 13.8 Å². The van der Waals surface area contributed by atoms with Crippen molar-refractivity contribution in [3.8, 4) is 0 Å². The van der Waals surface area contributed by atoms with Crippen LogP contribution >= 0.6 is 0 Å². The third kappa shape index (κ3) is 5.43. The number of urea groups is 1. The number of sulfonamides is 1. The molecule has 0 spiro atoms. The molecule has 1 aliphatic heterocycles. The van der Waals surface area contributed by atoms with E-state index in [4.69, 9.17) is 5.11 Å². The summed E-state index contributed by atoms with van der Waals surface area (Å²) in [7, 11) is -3.57. The lowest BCUT2D eigenvalue weighted by Gasteiger charge is -2.17. The number of hydrogen-bond acceptors (Lipinski definition) is 4. The molecule has 9 heteroatoms. The van der Waals surface area contributed by atoms with E-state index in [0.29, 0.717) is 31.1 Å². The molecule has 3 N–H and O–H groups in total. The van der Waals surface area contributed by atoms with E-state index in [2.05, 4.69) is 10.0 Å². The van der Waals surface area contributed by atoms with E-state index in [1.165, 1.54) is 29.2 Å². The van der Waals surface area contributed by atoms with E-state index >= 15 is 0 Å².